The van der Waals surface area contributed by atoms with Gasteiger partial charge in [-0.3, -0.25) is 4.40 Å². The monoisotopic (exact) mass is 335 g/mol. The second-order valence-electron chi connectivity index (χ2n) is 6.29. The van der Waals surface area contributed by atoms with Gasteiger partial charge in [0.1, 0.15) is 0 Å². The second kappa shape index (κ2) is 4.89. The number of rotatable bonds is 1. The zero-order valence-corrected chi connectivity index (χ0v) is 13.7. The predicted octanol–water partition coefficient (Wildman–Crippen LogP) is 4.37. The third kappa shape index (κ3) is 1.71. The quantitative estimate of drug-likeness (QED) is 0.448. The zero-order valence-electron chi connectivity index (χ0n) is 13.7. The molecule has 0 aliphatic rings. The Hall–Kier alpha value is -3.73. The van der Waals surface area contributed by atoms with Gasteiger partial charge >= 0.3 is 0 Å². The molecule has 0 aliphatic heterocycles. The van der Waals surface area contributed by atoms with Crippen LogP contribution in [0.3, 0.4) is 0 Å². The molecule has 6 aromatic rings. The van der Waals surface area contributed by atoms with Gasteiger partial charge in [0.15, 0.2) is 0 Å². The molecule has 6 rings (SSSR count). The van der Waals surface area contributed by atoms with Crippen molar-refractivity contribution >= 4 is 38.7 Å². The Morgan fingerprint density at radius 3 is 2.19 bits per heavy atom. The highest BCUT2D eigenvalue weighted by atomic mass is 15.3. The van der Waals surface area contributed by atoms with Crippen molar-refractivity contribution in [3.63, 3.8) is 0 Å². The molecule has 122 valence electrons. The maximum Gasteiger partial charge on any atom is 0.237 e. The first-order valence-electron chi connectivity index (χ1n) is 8.49. The fraction of sp³-hybridized carbons (Fsp3) is 0. The van der Waals surface area contributed by atoms with Crippen LogP contribution in [0.1, 0.15) is 0 Å². The highest BCUT2D eigenvalue weighted by molar-refractivity contribution is 5.91. The van der Waals surface area contributed by atoms with Crippen molar-refractivity contribution in [1.29, 1.82) is 0 Å². The first-order valence-corrected chi connectivity index (χ1v) is 8.49. The number of para-hydroxylation sites is 5. The van der Waals surface area contributed by atoms with Crippen molar-refractivity contribution in [3.05, 3.63) is 79.0 Å². The van der Waals surface area contributed by atoms with Gasteiger partial charge in [-0.05, 0) is 30.3 Å². The third-order valence-corrected chi connectivity index (χ3v) is 4.78. The minimum Gasteiger partial charge on any atom is -0.276 e. The van der Waals surface area contributed by atoms with Crippen LogP contribution in [0.4, 0.5) is 0 Å². The van der Waals surface area contributed by atoms with Gasteiger partial charge in [-0.15, -0.1) is 0 Å². The Labute approximate surface area is 148 Å². The van der Waals surface area contributed by atoms with Gasteiger partial charge in [0.25, 0.3) is 0 Å². The van der Waals surface area contributed by atoms with Gasteiger partial charge in [0.2, 0.25) is 11.7 Å². The van der Waals surface area contributed by atoms with Gasteiger partial charge in [0.05, 0.1) is 27.6 Å². The van der Waals surface area contributed by atoms with Crippen molar-refractivity contribution < 1.29 is 0 Å². The fourth-order valence-electron chi connectivity index (χ4n) is 3.62. The lowest BCUT2D eigenvalue weighted by atomic mass is 10.2. The first kappa shape index (κ1) is 13.5. The summed E-state index contributed by atoms with van der Waals surface area (Å²) >= 11 is 0. The molecule has 0 radical (unpaired) electrons. The van der Waals surface area contributed by atoms with Gasteiger partial charge < -0.3 is 0 Å². The van der Waals surface area contributed by atoms with Crippen LogP contribution in [-0.4, -0.2) is 23.9 Å². The summed E-state index contributed by atoms with van der Waals surface area (Å²) in [6, 6.07) is 24.4. The van der Waals surface area contributed by atoms with E-state index in [4.69, 9.17) is 9.97 Å². The molecule has 3 heterocycles. The van der Waals surface area contributed by atoms with E-state index in [2.05, 4.69) is 27.6 Å². The molecule has 0 fully saturated rings. The lowest BCUT2D eigenvalue weighted by Crippen LogP contribution is -2.01. The molecule has 0 spiro atoms. The molecule has 5 nitrogen and oxygen atoms in total. The van der Waals surface area contributed by atoms with E-state index >= 15 is 0 Å². The van der Waals surface area contributed by atoms with Crippen molar-refractivity contribution in [2.24, 2.45) is 0 Å². The molecule has 0 atom stereocenters. The zero-order chi connectivity index (χ0) is 17.1. The number of hydrogen-bond donors (Lipinski definition) is 0. The van der Waals surface area contributed by atoms with E-state index in [1.807, 2.05) is 65.4 Å². The molecule has 0 aliphatic carbocycles. The Balaban J connectivity index is 1.80. The average molecular weight is 335 g/mol. The summed E-state index contributed by atoms with van der Waals surface area (Å²) < 4.78 is 4.20. The number of imidazole rings is 2. The number of fused-ring (bicyclic) bond motifs is 6. The van der Waals surface area contributed by atoms with E-state index in [-0.39, 0.29) is 0 Å². The summed E-state index contributed by atoms with van der Waals surface area (Å²) in [7, 11) is 0. The van der Waals surface area contributed by atoms with E-state index in [1.54, 1.807) is 0 Å². The van der Waals surface area contributed by atoms with Crippen LogP contribution in [0.15, 0.2) is 79.0 Å². The molecule has 3 aromatic carbocycles. The average Bonchev–Trinajstić information content (AvgIpc) is 3.22. The molecule has 3 aromatic heterocycles. The van der Waals surface area contributed by atoms with Crippen LogP contribution in [0.25, 0.3) is 44.7 Å². The van der Waals surface area contributed by atoms with Gasteiger partial charge in [0, 0.05) is 11.6 Å². The third-order valence-electron chi connectivity index (χ3n) is 4.78. The summed E-state index contributed by atoms with van der Waals surface area (Å²) in [4.78, 5) is 14.3. The summed E-state index contributed by atoms with van der Waals surface area (Å²) in [5.74, 6) is 1.45. The fourth-order valence-corrected chi connectivity index (χ4v) is 3.62. The van der Waals surface area contributed by atoms with Crippen LogP contribution in [0.5, 0.6) is 0 Å². The lowest BCUT2D eigenvalue weighted by molar-refractivity contribution is 0.984. The number of aromatic nitrogens is 5. The van der Waals surface area contributed by atoms with Gasteiger partial charge in [-0.1, -0.05) is 42.5 Å². The van der Waals surface area contributed by atoms with E-state index in [9.17, 15) is 0 Å². The Morgan fingerprint density at radius 1 is 0.615 bits per heavy atom. The molecular weight excluding hydrogens is 322 g/mol. The molecule has 0 amide bonds. The predicted molar refractivity (Wildman–Crippen MR) is 103 cm³/mol. The number of benzene rings is 3. The lowest BCUT2D eigenvalue weighted by Gasteiger charge is -2.04. The minimum atomic E-state index is 0.630. The molecular formula is C21H13N5. The summed E-state index contributed by atoms with van der Waals surface area (Å²) in [5.41, 5.74) is 5.09. The largest absolute Gasteiger partial charge is 0.276 e. The standard InChI is InChI=1S/C21H13N5/c1-2-8-15-14(7-1)13-22-20(23-15)26-19-12-6-5-11-18(19)25-17-10-4-3-9-16(17)24-21(25)26/h1-13H. The topological polar surface area (TPSA) is 48.0 Å². The van der Waals surface area contributed by atoms with Crippen molar-refractivity contribution in [2.45, 2.75) is 0 Å². The molecule has 0 N–H and O–H groups in total. The van der Waals surface area contributed by atoms with E-state index in [0.717, 1.165) is 38.7 Å². The summed E-state index contributed by atoms with van der Waals surface area (Å²) in [5, 5.41) is 1.03. The van der Waals surface area contributed by atoms with Crippen molar-refractivity contribution in [2.75, 3.05) is 0 Å². The first-order chi connectivity index (χ1) is 12.9. The van der Waals surface area contributed by atoms with Gasteiger partial charge in [-0.2, -0.15) is 0 Å². The Bertz CT molecular complexity index is 1440. The van der Waals surface area contributed by atoms with Crippen LogP contribution in [-0.2, 0) is 0 Å². The SMILES string of the molecule is c1ccc2nc(-n3c4ccccc4n4c5ccccc5nc34)ncc2c1. The maximum atomic E-state index is 4.85. The Morgan fingerprint density at radius 2 is 1.31 bits per heavy atom. The van der Waals surface area contributed by atoms with E-state index in [1.165, 1.54) is 0 Å². The highest BCUT2D eigenvalue weighted by Gasteiger charge is 2.18. The molecule has 5 heteroatoms. The number of nitrogens with zero attached hydrogens (tertiary/aromatic N) is 5. The molecule has 0 unspecified atom stereocenters. The molecule has 0 saturated heterocycles. The van der Waals surface area contributed by atoms with Crippen LogP contribution in [0.2, 0.25) is 0 Å². The molecule has 0 saturated carbocycles. The van der Waals surface area contributed by atoms with Crippen LogP contribution >= 0.6 is 0 Å². The number of hydrogen-bond acceptors (Lipinski definition) is 3. The van der Waals surface area contributed by atoms with Crippen LogP contribution in [0, 0.1) is 0 Å². The van der Waals surface area contributed by atoms with Gasteiger partial charge in [-0.25, -0.2) is 19.5 Å². The summed E-state index contributed by atoms with van der Waals surface area (Å²) in [6.45, 7) is 0. The Kier molecular flexibility index (Phi) is 2.55. The van der Waals surface area contributed by atoms with E-state index in [0.29, 0.717) is 5.95 Å². The summed E-state index contributed by atoms with van der Waals surface area (Å²) in [6.07, 6.45) is 1.87. The normalized spacial score (nSPS) is 11.8. The van der Waals surface area contributed by atoms with Crippen LogP contribution < -0.4 is 0 Å². The van der Waals surface area contributed by atoms with Crippen molar-refractivity contribution in [1.82, 2.24) is 23.9 Å². The minimum absolute atomic E-state index is 0.630. The smallest absolute Gasteiger partial charge is 0.237 e. The molecule has 0 bridgehead atoms. The highest BCUT2D eigenvalue weighted by Crippen LogP contribution is 2.28. The van der Waals surface area contributed by atoms with Crippen molar-refractivity contribution in [3.8, 4) is 5.95 Å². The second-order valence-corrected chi connectivity index (χ2v) is 6.29. The molecule has 26 heavy (non-hydrogen) atoms. The maximum absolute atomic E-state index is 4.85. The van der Waals surface area contributed by atoms with E-state index < -0.39 is 0 Å².